The van der Waals surface area contributed by atoms with Gasteiger partial charge in [-0.05, 0) is 79.0 Å². The Bertz CT molecular complexity index is 562. The maximum absolute atomic E-state index is 2.26. The van der Waals surface area contributed by atoms with Gasteiger partial charge in [-0.25, -0.2) is 0 Å². The van der Waals surface area contributed by atoms with Crippen molar-refractivity contribution in [3.8, 4) is 0 Å². The van der Waals surface area contributed by atoms with E-state index in [1.165, 1.54) is 44.9 Å². The molecule has 0 bridgehead atoms. The van der Waals surface area contributed by atoms with E-state index in [9.17, 15) is 0 Å². The van der Waals surface area contributed by atoms with Gasteiger partial charge >= 0.3 is 0 Å². The molecule has 0 radical (unpaired) electrons. The summed E-state index contributed by atoms with van der Waals surface area (Å²) in [4.78, 5) is 0. The minimum atomic E-state index is 0. The third kappa shape index (κ3) is 22.0. The average molecular weight is 459 g/mol. The van der Waals surface area contributed by atoms with Crippen molar-refractivity contribution in [3.05, 3.63) is 70.8 Å². The second kappa shape index (κ2) is 26.7. The van der Waals surface area contributed by atoms with E-state index >= 15 is 0 Å². The van der Waals surface area contributed by atoms with Gasteiger partial charge in [0.15, 0.2) is 0 Å². The third-order valence-corrected chi connectivity index (χ3v) is 4.27. The lowest BCUT2D eigenvalue weighted by atomic mass is 9.92. The van der Waals surface area contributed by atoms with E-state index in [0.29, 0.717) is 0 Å². The topological polar surface area (TPSA) is 0 Å². The van der Waals surface area contributed by atoms with Crippen LogP contribution in [0.1, 0.15) is 126 Å². The molecule has 0 atom stereocenters. The molecule has 0 saturated heterocycles. The van der Waals surface area contributed by atoms with Crippen LogP contribution in [0.25, 0.3) is 0 Å². The van der Waals surface area contributed by atoms with E-state index in [-0.39, 0.29) is 14.9 Å². The summed E-state index contributed by atoms with van der Waals surface area (Å²) in [6, 6.07) is 17.5. The van der Waals surface area contributed by atoms with Gasteiger partial charge in [0.25, 0.3) is 0 Å². The fourth-order valence-corrected chi connectivity index (χ4v) is 3.19. The fourth-order valence-electron chi connectivity index (χ4n) is 3.19. The van der Waals surface area contributed by atoms with Crippen LogP contribution in [0.2, 0.25) is 0 Å². The van der Waals surface area contributed by atoms with E-state index in [2.05, 4.69) is 90.1 Å². The van der Waals surface area contributed by atoms with Gasteiger partial charge in [-0.1, -0.05) is 133 Å². The Morgan fingerprint density at radius 1 is 0.424 bits per heavy atom. The highest BCUT2D eigenvalue weighted by atomic mass is 14.1. The van der Waals surface area contributed by atoms with Crippen molar-refractivity contribution >= 4 is 0 Å². The maximum atomic E-state index is 2.26. The molecule has 4 rings (SSSR count). The van der Waals surface area contributed by atoms with Gasteiger partial charge in [0, 0.05) is 0 Å². The van der Waals surface area contributed by atoms with Crippen LogP contribution in [0.5, 0.6) is 0 Å². The van der Waals surface area contributed by atoms with Crippen LogP contribution in [-0.2, 0) is 25.7 Å². The fraction of sp³-hybridized carbons (Fsp3) is 0.636. The number of fused-ring (bicyclic) bond motifs is 2. The van der Waals surface area contributed by atoms with Gasteiger partial charge in [-0.3, -0.25) is 0 Å². The summed E-state index contributed by atoms with van der Waals surface area (Å²) in [5.74, 6) is 1.67. The molecule has 0 aliphatic heterocycles. The maximum Gasteiger partial charge on any atom is -0.0273 e. The molecular weight excluding hydrogens is 396 g/mol. The summed E-state index contributed by atoms with van der Waals surface area (Å²) in [7, 11) is 0. The van der Waals surface area contributed by atoms with E-state index in [0.717, 1.165) is 11.8 Å². The number of aryl methyl sites for hydroxylation is 4. The van der Waals surface area contributed by atoms with Gasteiger partial charge in [0.1, 0.15) is 0 Å². The Morgan fingerprint density at radius 2 is 0.606 bits per heavy atom. The number of rotatable bonds is 0. The van der Waals surface area contributed by atoms with E-state index < -0.39 is 0 Å². The molecule has 0 fully saturated rings. The zero-order chi connectivity index (χ0) is 24.1. The van der Waals surface area contributed by atoms with Crippen LogP contribution in [0.15, 0.2) is 48.5 Å². The summed E-state index contributed by atoms with van der Waals surface area (Å²) < 4.78 is 0. The van der Waals surface area contributed by atoms with E-state index in [4.69, 9.17) is 0 Å². The molecule has 0 spiro atoms. The Balaban J connectivity index is -0.000000169. The Morgan fingerprint density at radius 3 is 0.818 bits per heavy atom. The van der Waals surface area contributed by atoms with Gasteiger partial charge in [0.05, 0.1) is 0 Å². The summed E-state index contributed by atoms with van der Waals surface area (Å²) in [5.41, 5.74) is 6.29. The molecule has 0 amide bonds. The predicted octanol–water partition coefficient (Wildman–Crippen LogP) is 11.4. The summed E-state index contributed by atoms with van der Waals surface area (Å²) in [5, 5.41) is 0. The molecule has 2 aliphatic rings. The van der Waals surface area contributed by atoms with Crippen LogP contribution in [0.4, 0.5) is 0 Å². The van der Waals surface area contributed by atoms with Crippen LogP contribution in [0, 0.1) is 11.8 Å². The first-order chi connectivity index (χ1) is 14.9. The molecule has 0 aromatic heterocycles. The Labute approximate surface area is 211 Å². The summed E-state index contributed by atoms with van der Waals surface area (Å²) in [6.07, 6.45) is 9.34. The van der Waals surface area contributed by atoms with E-state index in [1.54, 1.807) is 22.3 Å². The molecule has 0 heterocycles. The smallest absolute Gasteiger partial charge is 0.0273 e. The lowest BCUT2D eigenvalue weighted by Gasteiger charge is -2.13. The van der Waals surface area contributed by atoms with Crippen LogP contribution < -0.4 is 0 Å². The molecular formula is C33H62. The van der Waals surface area contributed by atoms with Gasteiger partial charge in [-0.15, -0.1) is 0 Å². The molecule has 33 heavy (non-hydrogen) atoms. The highest BCUT2D eigenvalue weighted by Gasteiger charge is 2.07. The Hall–Kier alpha value is -1.56. The van der Waals surface area contributed by atoms with Gasteiger partial charge in [-0.2, -0.15) is 0 Å². The first kappa shape index (κ1) is 38.7. The quantitative estimate of drug-likeness (QED) is 0.368. The molecule has 0 heteroatoms. The molecule has 2 aromatic rings. The molecule has 0 N–H and O–H groups in total. The van der Waals surface area contributed by atoms with Crippen molar-refractivity contribution in [1.82, 2.24) is 0 Å². The second-order valence-electron chi connectivity index (χ2n) is 9.06. The standard InChI is InChI=1S/C10H12.C9H10.2C4H10.2C2H6.2CH4/c1-2-6-10-8-4-3-7-9(10)5-1;1-2-5-9-7-3-6-8(9)4-1;2*1-4(2)3;2*1-2;;/h1-2,5-6H,3-4,7-8H2;1-2,4-5H,3,6-7H2;2*4H,1-3H3;2*1-2H3;2*1H4. The summed E-state index contributed by atoms with van der Waals surface area (Å²) in [6.45, 7) is 21.0. The molecule has 194 valence electrons. The van der Waals surface area contributed by atoms with Crippen molar-refractivity contribution in [2.45, 2.75) is 129 Å². The van der Waals surface area contributed by atoms with Crippen LogP contribution in [0.3, 0.4) is 0 Å². The third-order valence-electron chi connectivity index (χ3n) is 4.27. The first-order valence-corrected chi connectivity index (χ1v) is 13.0. The molecule has 2 aliphatic carbocycles. The Kier molecular flexibility index (Phi) is 31.3. The monoisotopic (exact) mass is 458 g/mol. The SMILES string of the molecule is C.C.CC.CC.CC(C)C.CC(C)C.c1ccc2c(c1)CCC2.c1ccc2c(c1)CCCC2. The number of hydrogen-bond acceptors (Lipinski definition) is 0. The molecule has 0 nitrogen and oxygen atoms in total. The number of hydrogen-bond donors (Lipinski definition) is 0. The minimum Gasteiger partial charge on any atom is -0.0776 e. The van der Waals surface area contributed by atoms with Crippen molar-refractivity contribution in [3.63, 3.8) is 0 Å². The normalized spacial score (nSPS) is 11.8. The molecule has 0 saturated carbocycles. The van der Waals surface area contributed by atoms with Gasteiger partial charge in [0.2, 0.25) is 0 Å². The average Bonchev–Trinajstić information content (AvgIpc) is 3.25. The van der Waals surface area contributed by atoms with Crippen molar-refractivity contribution in [2.75, 3.05) is 0 Å². The molecule has 2 aromatic carbocycles. The lowest BCUT2D eigenvalue weighted by molar-refractivity contribution is 0.685. The number of benzene rings is 2. The zero-order valence-corrected chi connectivity index (χ0v) is 22.7. The highest BCUT2D eigenvalue weighted by Crippen LogP contribution is 2.20. The van der Waals surface area contributed by atoms with E-state index in [1.807, 2.05) is 27.7 Å². The van der Waals surface area contributed by atoms with Crippen molar-refractivity contribution in [2.24, 2.45) is 11.8 Å². The van der Waals surface area contributed by atoms with Crippen LogP contribution >= 0.6 is 0 Å². The molecule has 0 unspecified atom stereocenters. The second-order valence-corrected chi connectivity index (χ2v) is 9.06. The van der Waals surface area contributed by atoms with Crippen molar-refractivity contribution in [1.29, 1.82) is 0 Å². The largest absolute Gasteiger partial charge is 0.0776 e. The van der Waals surface area contributed by atoms with Crippen LogP contribution in [-0.4, -0.2) is 0 Å². The minimum absolute atomic E-state index is 0. The van der Waals surface area contributed by atoms with Crippen molar-refractivity contribution < 1.29 is 0 Å². The summed E-state index contributed by atoms with van der Waals surface area (Å²) >= 11 is 0. The lowest BCUT2D eigenvalue weighted by Crippen LogP contribution is -2.00. The van der Waals surface area contributed by atoms with Gasteiger partial charge < -0.3 is 0 Å². The predicted molar refractivity (Wildman–Crippen MR) is 159 cm³/mol. The first-order valence-electron chi connectivity index (χ1n) is 13.0. The highest BCUT2D eigenvalue weighted by molar-refractivity contribution is 5.30. The zero-order valence-electron chi connectivity index (χ0n) is 22.7.